The van der Waals surface area contributed by atoms with Crippen molar-refractivity contribution >= 4 is 29.2 Å². The number of aryl methyl sites for hydroxylation is 1. The van der Waals surface area contributed by atoms with Gasteiger partial charge in [0, 0.05) is 25.7 Å². The molecular formula is C22H25ClN4O2. The second-order valence-electron chi connectivity index (χ2n) is 8.68. The Morgan fingerprint density at radius 2 is 1.97 bits per heavy atom. The van der Waals surface area contributed by atoms with Gasteiger partial charge in [0.05, 0.1) is 28.2 Å². The fourth-order valence-electron chi connectivity index (χ4n) is 4.68. The molecule has 0 radical (unpaired) electrons. The Bertz CT molecular complexity index is 973. The van der Waals surface area contributed by atoms with E-state index in [0.29, 0.717) is 36.0 Å². The number of rotatable bonds is 3. The summed E-state index contributed by atoms with van der Waals surface area (Å²) >= 11 is 6.22. The van der Waals surface area contributed by atoms with Crippen LogP contribution in [-0.2, 0) is 10.3 Å². The average molecular weight is 413 g/mol. The summed E-state index contributed by atoms with van der Waals surface area (Å²) in [7, 11) is 0. The highest BCUT2D eigenvalue weighted by molar-refractivity contribution is 6.33. The third kappa shape index (κ3) is 3.23. The number of anilines is 1. The van der Waals surface area contributed by atoms with Crippen molar-refractivity contribution in [1.29, 1.82) is 0 Å². The summed E-state index contributed by atoms with van der Waals surface area (Å²) in [5.41, 5.74) is 1.14. The summed E-state index contributed by atoms with van der Waals surface area (Å²) in [6.45, 7) is 3.97. The fraction of sp³-hybridized carbons (Fsp3) is 0.500. The Morgan fingerprint density at radius 1 is 1.24 bits per heavy atom. The van der Waals surface area contributed by atoms with Gasteiger partial charge in [-0.3, -0.25) is 14.5 Å². The minimum Gasteiger partial charge on any atom is -0.338 e. The van der Waals surface area contributed by atoms with Gasteiger partial charge in [-0.25, -0.2) is 4.68 Å². The Kier molecular flexibility index (Phi) is 4.42. The van der Waals surface area contributed by atoms with Gasteiger partial charge in [0.15, 0.2) is 0 Å². The standard InChI is InChI=1S/C22H25ClN4O2/c1-15-12-19-26(14-16-6-7-16)20(28)13-22(27(19)24-15)8-10-25(11-9-22)21(29)17-4-2-3-5-18(17)23/h2-5,12,16H,6-11,13-14H2,1H3. The van der Waals surface area contributed by atoms with Crippen LogP contribution in [0.5, 0.6) is 0 Å². The average Bonchev–Trinajstić information content (AvgIpc) is 3.44. The van der Waals surface area contributed by atoms with Gasteiger partial charge < -0.3 is 4.90 Å². The monoisotopic (exact) mass is 412 g/mol. The van der Waals surface area contributed by atoms with Gasteiger partial charge in [-0.15, -0.1) is 0 Å². The van der Waals surface area contributed by atoms with Crippen LogP contribution >= 0.6 is 11.6 Å². The van der Waals surface area contributed by atoms with Crippen molar-refractivity contribution in [3.8, 4) is 0 Å². The first-order valence-corrected chi connectivity index (χ1v) is 10.8. The number of benzene rings is 1. The van der Waals surface area contributed by atoms with Crippen LogP contribution in [0.2, 0.25) is 5.02 Å². The lowest BCUT2D eigenvalue weighted by atomic mass is 9.82. The van der Waals surface area contributed by atoms with Crippen LogP contribution in [0.3, 0.4) is 0 Å². The molecule has 3 aliphatic rings. The molecule has 7 heteroatoms. The van der Waals surface area contributed by atoms with Crippen molar-refractivity contribution in [2.45, 2.75) is 44.6 Å². The summed E-state index contributed by atoms with van der Waals surface area (Å²) in [6.07, 6.45) is 4.32. The van der Waals surface area contributed by atoms with Crippen molar-refractivity contribution < 1.29 is 9.59 Å². The van der Waals surface area contributed by atoms with Crippen LogP contribution in [0.4, 0.5) is 5.82 Å². The lowest BCUT2D eigenvalue weighted by molar-refractivity contribution is -0.122. The lowest BCUT2D eigenvalue weighted by Gasteiger charge is -2.46. The van der Waals surface area contributed by atoms with Crippen LogP contribution < -0.4 is 4.90 Å². The number of hydrogen-bond donors (Lipinski definition) is 0. The highest BCUT2D eigenvalue weighted by Crippen LogP contribution is 2.43. The van der Waals surface area contributed by atoms with Gasteiger partial charge in [-0.05, 0) is 50.7 Å². The largest absolute Gasteiger partial charge is 0.338 e. The molecular weight excluding hydrogens is 388 g/mol. The maximum atomic E-state index is 13.1. The highest BCUT2D eigenvalue weighted by atomic mass is 35.5. The number of piperidine rings is 1. The number of aromatic nitrogens is 2. The quantitative estimate of drug-likeness (QED) is 0.773. The molecule has 2 aromatic rings. The zero-order valence-corrected chi connectivity index (χ0v) is 17.4. The summed E-state index contributed by atoms with van der Waals surface area (Å²) in [5, 5.41) is 5.26. The predicted molar refractivity (Wildman–Crippen MR) is 111 cm³/mol. The molecule has 1 saturated heterocycles. The third-order valence-corrected chi connectivity index (χ3v) is 6.87. The van der Waals surface area contributed by atoms with Gasteiger partial charge in [0.2, 0.25) is 5.91 Å². The first-order valence-electron chi connectivity index (χ1n) is 10.4. The molecule has 29 heavy (non-hydrogen) atoms. The normalized spacial score (nSPS) is 20.8. The summed E-state index contributed by atoms with van der Waals surface area (Å²) in [4.78, 5) is 29.8. The zero-order valence-electron chi connectivity index (χ0n) is 16.6. The molecule has 0 atom stereocenters. The third-order valence-electron chi connectivity index (χ3n) is 6.54. The van der Waals surface area contributed by atoms with Gasteiger partial charge in [0.1, 0.15) is 5.82 Å². The number of fused-ring (bicyclic) bond motifs is 2. The molecule has 0 bridgehead atoms. The second kappa shape index (κ2) is 6.87. The maximum Gasteiger partial charge on any atom is 0.255 e. The number of halogens is 1. The van der Waals surface area contributed by atoms with E-state index in [4.69, 9.17) is 16.7 Å². The number of carbonyl (C=O) groups excluding carboxylic acids is 2. The van der Waals surface area contributed by atoms with Crippen molar-refractivity contribution in [3.63, 3.8) is 0 Å². The molecule has 1 spiro atoms. The Labute approximate surface area is 175 Å². The van der Waals surface area contributed by atoms with E-state index in [1.807, 2.05) is 34.9 Å². The number of carbonyl (C=O) groups is 2. The van der Waals surface area contributed by atoms with Gasteiger partial charge in [0.25, 0.3) is 5.91 Å². The Morgan fingerprint density at radius 3 is 2.66 bits per heavy atom. The van der Waals surface area contributed by atoms with Crippen LogP contribution in [-0.4, -0.2) is 46.1 Å². The van der Waals surface area contributed by atoms with Crippen molar-refractivity contribution in [1.82, 2.24) is 14.7 Å². The topological polar surface area (TPSA) is 58.4 Å². The van der Waals surface area contributed by atoms with E-state index >= 15 is 0 Å². The van der Waals surface area contributed by atoms with E-state index in [-0.39, 0.29) is 17.4 Å². The predicted octanol–water partition coefficient (Wildman–Crippen LogP) is 3.62. The van der Waals surface area contributed by atoms with Crippen molar-refractivity contribution in [2.24, 2.45) is 5.92 Å². The molecule has 5 rings (SSSR count). The summed E-state index contributed by atoms with van der Waals surface area (Å²) in [5.74, 6) is 1.71. The van der Waals surface area contributed by atoms with E-state index in [1.54, 1.807) is 12.1 Å². The minimum absolute atomic E-state index is 0.0418. The molecule has 2 fully saturated rings. The smallest absolute Gasteiger partial charge is 0.255 e. The first kappa shape index (κ1) is 18.7. The molecule has 1 aliphatic carbocycles. The van der Waals surface area contributed by atoms with E-state index in [0.717, 1.165) is 30.9 Å². The number of likely N-dealkylation sites (tertiary alicyclic amines) is 1. The van der Waals surface area contributed by atoms with Gasteiger partial charge in [-0.1, -0.05) is 23.7 Å². The van der Waals surface area contributed by atoms with Crippen molar-refractivity contribution in [2.75, 3.05) is 24.5 Å². The molecule has 0 N–H and O–H groups in total. The molecule has 1 aromatic carbocycles. The molecule has 6 nitrogen and oxygen atoms in total. The fourth-order valence-corrected chi connectivity index (χ4v) is 4.90. The molecule has 152 valence electrons. The lowest BCUT2D eigenvalue weighted by Crippen LogP contribution is -2.55. The van der Waals surface area contributed by atoms with Crippen molar-refractivity contribution in [3.05, 3.63) is 46.6 Å². The summed E-state index contributed by atoms with van der Waals surface area (Å²) < 4.78 is 2.09. The molecule has 3 heterocycles. The second-order valence-corrected chi connectivity index (χ2v) is 9.08. The Hall–Kier alpha value is -2.34. The SMILES string of the molecule is Cc1cc2n(n1)C1(CCN(C(=O)c3ccccc3Cl)CC1)CC(=O)N2CC1CC1. The van der Waals surface area contributed by atoms with E-state index in [9.17, 15) is 9.59 Å². The van der Waals surface area contributed by atoms with E-state index in [2.05, 4.69) is 4.68 Å². The molecule has 1 saturated carbocycles. The molecule has 2 amide bonds. The van der Waals surface area contributed by atoms with Gasteiger partial charge >= 0.3 is 0 Å². The van der Waals surface area contributed by atoms with Crippen LogP contribution in [0.15, 0.2) is 30.3 Å². The van der Waals surface area contributed by atoms with E-state index < -0.39 is 0 Å². The van der Waals surface area contributed by atoms with Crippen LogP contribution in [0.1, 0.15) is 48.2 Å². The van der Waals surface area contributed by atoms with Crippen LogP contribution in [0, 0.1) is 12.8 Å². The highest BCUT2D eigenvalue weighted by Gasteiger charge is 2.47. The minimum atomic E-state index is -0.335. The molecule has 2 aliphatic heterocycles. The van der Waals surface area contributed by atoms with Gasteiger partial charge in [-0.2, -0.15) is 5.10 Å². The molecule has 0 unspecified atom stereocenters. The maximum absolute atomic E-state index is 13.1. The number of hydrogen-bond acceptors (Lipinski definition) is 3. The zero-order chi connectivity index (χ0) is 20.2. The molecule has 1 aromatic heterocycles. The first-order chi connectivity index (χ1) is 14.0. The van der Waals surface area contributed by atoms with E-state index in [1.165, 1.54) is 12.8 Å². The Balaban J connectivity index is 1.39. The number of amides is 2. The summed E-state index contributed by atoms with van der Waals surface area (Å²) in [6, 6.07) is 9.20. The number of nitrogens with zero attached hydrogens (tertiary/aromatic N) is 4. The van der Waals surface area contributed by atoms with Crippen LogP contribution in [0.25, 0.3) is 0 Å².